The van der Waals surface area contributed by atoms with Crippen molar-refractivity contribution in [3.8, 4) is 0 Å². The Morgan fingerprint density at radius 1 is 1.42 bits per heavy atom. The largest absolute Gasteiger partial charge is 0.444 e. The van der Waals surface area contributed by atoms with Gasteiger partial charge in [-0.25, -0.2) is 4.79 Å². The number of ether oxygens (including phenoxy) is 1. The van der Waals surface area contributed by atoms with Crippen LogP contribution >= 0.6 is 0 Å². The second-order valence-corrected chi connectivity index (χ2v) is 5.98. The number of rotatable bonds is 3. The molecule has 0 saturated heterocycles. The highest BCUT2D eigenvalue weighted by Gasteiger charge is 2.27. The topological polar surface area (TPSA) is 64.3 Å². The first kappa shape index (κ1) is 13.9. The number of benzene rings is 1. The van der Waals surface area contributed by atoms with Crippen molar-refractivity contribution in [3.05, 3.63) is 29.3 Å². The highest BCUT2D eigenvalue weighted by Crippen LogP contribution is 2.43. The smallest absolute Gasteiger partial charge is 0.412 e. The summed E-state index contributed by atoms with van der Waals surface area (Å²) in [5, 5.41) is 2.80. The van der Waals surface area contributed by atoms with Crippen molar-refractivity contribution in [2.24, 2.45) is 5.73 Å². The van der Waals surface area contributed by atoms with E-state index in [2.05, 4.69) is 11.4 Å². The lowest BCUT2D eigenvalue weighted by Gasteiger charge is -2.21. The maximum atomic E-state index is 11.8. The average Bonchev–Trinajstić information content (AvgIpc) is 3.09. The lowest BCUT2D eigenvalue weighted by Crippen LogP contribution is -2.27. The minimum atomic E-state index is -0.499. The Balaban J connectivity index is 2.15. The van der Waals surface area contributed by atoms with Gasteiger partial charge < -0.3 is 10.5 Å². The van der Waals surface area contributed by atoms with Crippen molar-refractivity contribution in [3.63, 3.8) is 0 Å². The quantitative estimate of drug-likeness (QED) is 0.877. The van der Waals surface area contributed by atoms with Gasteiger partial charge in [0.1, 0.15) is 5.60 Å². The van der Waals surface area contributed by atoms with E-state index in [1.807, 2.05) is 32.9 Å². The van der Waals surface area contributed by atoms with Crippen molar-refractivity contribution in [1.29, 1.82) is 0 Å². The van der Waals surface area contributed by atoms with Crippen LogP contribution in [-0.2, 0) is 11.3 Å². The normalized spacial score (nSPS) is 15.2. The molecular formula is C15H22N2O2. The van der Waals surface area contributed by atoms with Crippen molar-refractivity contribution < 1.29 is 9.53 Å². The highest BCUT2D eigenvalue weighted by atomic mass is 16.6. The fraction of sp³-hybridized carbons (Fsp3) is 0.533. The molecule has 2 rings (SSSR count). The standard InChI is InChI=1S/C15H22N2O2/c1-15(2,3)19-14(18)17-13-6-4-5-11(10-7-8-10)12(13)9-16/h4-6,10H,7-9,16H2,1-3H3,(H,17,18). The third-order valence-electron chi connectivity index (χ3n) is 3.07. The molecule has 1 fully saturated rings. The van der Waals surface area contributed by atoms with Gasteiger partial charge in [0.15, 0.2) is 0 Å². The molecule has 1 amide bonds. The summed E-state index contributed by atoms with van der Waals surface area (Å²) in [6.45, 7) is 5.96. The van der Waals surface area contributed by atoms with Gasteiger partial charge in [-0.2, -0.15) is 0 Å². The first-order valence-corrected chi connectivity index (χ1v) is 6.72. The minimum absolute atomic E-state index is 0.428. The lowest BCUT2D eigenvalue weighted by molar-refractivity contribution is 0.0636. The number of carbonyl (C=O) groups is 1. The van der Waals surface area contributed by atoms with E-state index >= 15 is 0 Å². The molecule has 0 radical (unpaired) electrons. The Labute approximate surface area is 114 Å². The third kappa shape index (κ3) is 3.70. The molecule has 1 aliphatic rings. The van der Waals surface area contributed by atoms with Crippen molar-refractivity contribution in [2.75, 3.05) is 5.32 Å². The molecule has 104 valence electrons. The summed E-state index contributed by atoms with van der Waals surface area (Å²) in [6.07, 6.45) is 1.99. The monoisotopic (exact) mass is 262 g/mol. The van der Waals surface area contributed by atoms with Crippen molar-refractivity contribution in [1.82, 2.24) is 0 Å². The number of anilines is 1. The van der Waals surface area contributed by atoms with Gasteiger partial charge in [0.25, 0.3) is 0 Å². The van der Waals surface area contributed by atoms with Gasteiger partial charge in [0.2, 0.25) is 0 Å². The molecule has 0 spiro atoms. The van der Waals surface area contributed by atoms with E-state index in [1.165, 1.54) is 18.4 Å². The number of hydrogen-bond acceptors (Lipinski definition) is 3. The second-order valence-electron chi connectivity index (χ2n) is 5.98. The molecule has 0 aliphatic heterocycles. The van der Waals surface area contributed by atoms with Gasteiger partial charge in [-0.05, 0) is 56.7 Å². The Hall–Kier alpha value is -1.55. The van der Waals surface area contributed by atoms with E-state index < -0.39 is 11.7 Å². The van der Waals surface area contributed by atoms with E-state index in [0.717, 1.165) is 11.3 Å². The van der Waals surface area contributed by atoms with E-state index in [-0.39, 0.29) is 0 Å². The molecular weight excluding hydrogens is 240 g/mol. The number of nitrogens with one attached hydrogen (secondary N) is 1. The summed E-state index contributed by atoms with van der Waals surface area (Å²) in [6, 6.07) is 5.93. The highest BCUT2D eigenvalue weighted by molar-refractivity contribution is 5.86. The van der Waals surface area contributed by atoms with Crippen LogP contribution in [0.3, 0.4) is 0 Å². The van der Waals surface area contributed by atoms with Gasteiger partial charge in [-0.1, -0.05) is 12.1 Å². The SMILES string of the molecule is CC(C)(C)OC(=O)Nc1cccc(C2CC2)c1CN. The zero-order chi connectivity index (χ0) is 14.0. The van der Waals surface area contributed by atoms with Gasteiger partial charge in [0.05, 0.1) is 0 Å². The van der Waals surface area contributed by atoms with Crippen LogP contribution in [0.15, 0.2) is 18.2 Å². The van der Waals surface area contributed by atoms with E-state index in [1.54, 1.807) is 0 Å². The van der Waals surface area contributed by atoms with Gasteiger partial charge >= 0.3 is 6.09 Å². The molecule has 1 aromatic rings. The zero-order valence-corrected chi connectivity index (χ0v) is 11.8. The first-order chi connectivity index (χ1) is 8.90. The average molecular weight is 262 g/mol. The summed E-state index contributed by atoms with van der Waals surface area (Å²) >= 11 is 0. The lowest BCUT2D eigenvalue weighted by atomic mass is 10.0. The Morgan fingerprint density at radius 3 is 2.63 bits per heavy atom. The maximum Gasteiger partial charge on any atom is 0.412 e. The third-order valence-corrected chi connectivity index (χ3v) is 3.07. The Kier molecular flexibility index (Phi) is 3.80. The van der Waals surface area contributed by atoms with Crippen LogP contribution in [0, 0.1) is 0 Å². The van der Waals surface area contributed by atoms with Crippen LogP contribution in [-0.4, -0.2) is 11.7 Å². The number of nitrogens with two attached hydrogens (primary N) is 1. The molecule has 3 N–H and O–H groups in total. The van der Waals surface area contributed by atoms with Crippen LogP contribution in [0.4, 0.5) is 10.5 Å². The van der Waals surface area contributed by atoms with Crippen molar-refractivity contribution in [2.45, 2.75) is 51.7 Å². The predicted octanol–water partition coefficient (Wildman–Crippen LogP) is 3.37. The molecule has 0 aromatic heterocycles. The van der Waals surface area contributed by atoms with Crippen LogP contribution in [0.1, 0.15) is 50.7 Å². The molecule has 4 heteroatoms. The fourth-order valence-electron chi connectivity index (χ4n) is 2.14. The van der Waals surface area contributed by atoms with Crippen LogP contribution in [0.2, 0.25) is 0 Å². The van der Waals surface area contributed by atoms with E-state index in [4.69, 9.17) is 10.5 Å². The summed E-state index contributed by atoms with van der Waals surface area (Å²) in [5.41, 5.74) is 8.38. The molecule has 4 nitrogen and oxygen atoms in total. The van der Waals surface area contributed by atoms with Gasteiger partial charge in [-0.3, -0.25) is 5.32 Å². The zero-order valence-electron chi connectivity index (χ0n) is 11.8. The van der Waals surface area contributed by atoms with E-state index in [9.17, 15) is 4.79 Å². The predicted molar refractivity (Wildman–Crippen MR) is 76.2 cm³/mol. The summed E-state index contributed by atoms with van der Waals surface area (Å²) in [4.78, 5) is 11.8. The van der Waals surface area contributed by atoms with Crippen molar-refractivity contribution >= 4 is 11.8 Å². The van der Waals surface area contributed by atoms with Crippen LogP contribution < -0.4 is 11.1 Å². The molecule has 0 heterocycles. The Morgan fingerprint density at radius 2 is 2.11 bits per heavy atom. The number of hydrogen-bond donors (Lipinski definition) is 2. The van der Waals surface area contributed by atoms with E-state index in [0.29, 0.717) is 12.5 Å². The first-order valence-electron chi connectivity index (χ1n) is 6.72. The molecule has 1 aliphatic carbocycles. The summed E-state index contributed by atoms with van der Waals surface area (Å²) in [7, 11) is 0. The summed E-state index contributed by atoms with van der Waals surface area (Å²) in [5.74, 6) is 0.610. The molecule has 0 unspecified atom stereocenters. The maximum absolute atomic E-state index is 11.8. The molecule has 0 atom stereocenters. The second kappa shape index (κ2) is 5.21. The molecule has 1 aromatic carbocycles. The number of amides is 1. The molecule has 19 heavy (non-hydrogen) atoms. The molecule has 1 saturated carbocycles. The van der Waals surface area contributed by atoms with Gasteiger partial charge in [-0.15, -0.1) is 0 Å². The van der Waals surface area contributed by atoms with Crippen LogP contribution in [0.25, 0.3) is 0 Å². The van der Waals surface area contributed by atoms with Gasteiger partial charge in [0, 0.05) is 12.2 Å². The number of carbonyl (C=O) groups excluding carboxylic acids is 1. The summed E-state index contributed by atoms with van der Waals surface area (Å²) < 4.78 is 5.27. The van der Waals surface area contributed by atoms with Crippen LogP contribution in [0.5, 0.6) is 0 Å². The molecule has 0 bridgehead atoms. The fourth-order valence-corrected chi connectivity index (χ4v) is 2.14. The minimum Gasteiger partial charge on any atom is -0.444 e. The Bertz CT molecular complexity index is 474.